The number of nitrogen functional groups attached to an aromatic ring is 1. The Morgan fingerprint density at radius 2 is 1.91 bits per heavy atom. The molecule has 3 N–H and O–H groups in total. The second-order valence-electron chi connectivity index (χ2n) is 7.88. The SMILES string of the molecule is C[C@H]1c2nnc(C(F)(F)F)n2CCN1c1ccc(CNc2cccc3c(N)nccc23)cn1. The van der Waals surface area contributed by atoms with E-state index in [1.165, 1.54) is 0 Å². The summed E-state index contributed by atoms with van der Waals surface area (Å²) in [6.07, 6.45) is -1.08. The van der Waals surface area contributed by atoms with Gasteiger partial charge in [-0.3, -0.25) is 0 Å². The average Bonchev–Trinajstić information content (AvgIpc) is 3.25. The zero-order valence-electron chi connectivity index (χ0n) is 17.7. The number of anilines is 3. The Morgan fingerprint density at radius 3 is 2.67 bits per heavy atom. The molecule has 1 aromatic carbocycles. The minimum atomic E-state index is -4.52. The lowest BCUT2D eigenvalue weighted by molar-refractivity contribution is -0.147. The number of pyridine rings is 2. The van der Waals surface area contributed by atoms with Gasteiger partial charge in [0.05, 0.1) is 6.04 Å². The average molecular weight is 454 g/mol. The van der Waals surface area contributed by atoms with Gasteiger partial charge in [-0.2, -0.15) is 13.2 Å². The van der Waals surface area contributed by atoms with Crippen molar-refractivity contribution in [3.05, 3.63) is 66.0 Å². The number of nitrogens with one attached hydrogen (secondary N) is 1. The minimum absolute atomic E-state index is 0.144. The Balaban J connectivity index is 1.31. The predicted molar refractivity (Wildman–Crippen MR) is 119 cm³/mol. The third-order valence-electron chi connectivity index (χ3n) is 5.86. The van der Waals surface area contributed by atoms with Crippen molar-refractivity contribution in [2.75, 3.05) is 22.5 Å². The number of nitrogens with zero attached hydrogens (tertiary/aromatic N) is 6. The smallest absolute Gasteiger partial charge is 0.383 e. The summed E-state index contributed by atoms with van der Waals surface area (Å²) >= 11 is 0. The van der Waals surface area contributed by atoms with Gasteiger partial charge in [0.1, 0.15) is 11.6 Å². The van der Waals surface area contributed by atoms with Gasteiger partial charge in [0.15, 0.2) is 5.82 Å². The predicted octanol–water partition coefficient (Wildman–Crippen LogP) is 4.02. The molecule has 0 spiro atoms. The van der Waals surface area contributed by atoms with Crippen LogP contribution in [0.25, 0.3) is 10.8 Å². The highest BCUT2D eigenvalue weighted by Crippen LogP contribution is 2.34. The van der Waals surface area contributed by atoms with Gasteiger partial charge in [-0.1, -0.05) is 18.2 Å². The molecule has 0 unspecified atom stereocenters. The van der Waals surface area contributed by atoms with Crippen LogP contribution in [0.1, 0.15) is 30.2 Å². The summed E-state index contributed by atoms with van der Waals surface area (Å²) in [6.45, 7) is 2.88. The van der Waals surface area contributed by atoms with Gasteiger partial charge in [0.25, 0.3) is 0 Å². The van der Waals surface area contributed by atoms with Crippen LogP contribution in [0.4, 0.5) is 30.5 Å². The molecule has 0 bridgehead atoms. The summed E-state index contributed by atoms with van der Waals surface area (Å²) in [5.74, 6) is 0.490. The third kappa shape index (κ3) is 3.79. The summed E-state index contributed by atoms with van der Waals surface area (Å²) in [5.41, 5.74) is 7.87. The fraction of sp³-hybridized carbons (Fsp3) is 0.273. The zero-order valence-corrected chi connectivity index (χ0v) is 17.7. The molecule has 0 saturated carbocycles. The Labute approximate surface area is 187 Å². The Morgan fingerprint density at radius 1 is 1.06 bits per heavy atom. The fourth-order valence-electron chi connectivity index (χ4n) is 4.18. The number of nitrogens with two attached hydrogens (primary N) is 1. The molecule has 1 aliphatic heterocycles. The van der Waals surface area contributed by atoms with Crippen molar-refractivity contribution in [1.29, 1.82) is 0 Å². The van der Waals surface area contributed by atoms with Crippen molar-refractivity contribution in [3.8, 4) is 0 Å². The molecule has 4 heterocycles. The van der Waals surface area contributed by atoms with Gasteiger partial charge in [-0.15, -0.1) is 10.2 Å². The number of alkyl halides is 3. The highest BCUT2D eigenvalue weighted by Gasteiger charge is 2.41. The van der Waals surface area contributed by atoms with Crippen LogP contribution in [-0.2, 0) is 19.3 Å². The van der Waals surface area contributed by atoms with Crippen LogP contribution in [-0.4, -0.2) is 31.3 Å². The molecule has 0 saturated heterocycles. The molecule has 5 rings (SSSR count). The van der Waals surface area contributed by atoms with E-state index in [1.807, 2.05) is 41.3 Å². The largest absolute Gasteiger partial charge is 0.451 e. The molecule has 33 heavy (non-hydrogen) atoms. The van der Waals surface area contributed by atoms with E-state index in [9.17, 15) is 13.2 Å². The summed E-state index contributed by atoms with van der Waals surface area (Å²) < 4.78 is 40.6. The van der Waals surface area contributed by atoms with E-state index in [0.29, 0.717) is 24.7 Å². The molecule has 170 valence electrons. The molecule has 0 fully saturated rings. The highest BCUT2D eigenvalue weighted by atomic mass is 19.4. The number of rotatable bonds is 4. The van der Waals surface area contributed by atoms with Crippen molar-refractivity contribution in [3.63, 3.8) is 0 Å². The summed E-state index contributed by atoms with van der Waals surface area (Å²) in [6, 6.07) is 11.2. The van der Waals surface area contributed by atoms with Crippen molar-refractivity contribution < 1.29 is 13.2 Å². The fourth-order valence-corrected chi connectivity index (χ4v) is 4.18. The van der Waals surface area contributed by atoms with Crippen LogP contribution in [0.2, 0.25) is 0 Å². The zero-order chi connectivity index (χ0) is 23.2. The van der Waals surface area contributed by atoms with E-state index in [0.717, 1.165) is 26.6 Å². The maximum Gasteiger partial charge on any atom is 0.451 e. The minimum Gasteiger partial charge on any atom is -0.383 e. The van der Waals surface area contributed by atoms with E-state index in [2.05, 4.69) is 25.5 Å². The van der Waals surface area contributed by atoms with Crippen LogP contribution in [0.5, 0.6) is 0 Å². The molecule has 1 atom stereocenters. The highest BCUT2D eigenvalue weighted by molar-refractivity contribution is 5.99. The molecule has 3 aromatic heterocycles. The van der Waals surface area contributed by atoms with E-state index < -0.39 is 12.0 Å². The van der Waals surface area contributed by atoms with Crippen LogP contribution in [0.15, 0.2) is 48.8 Å². The number of hydrogen-bond acceptors (Lipinski definition) is 7. The molecule has 0 radical (unpaired) electrons. The summed E-state index contributed by atoms with van der Waals surface area (Å²) in [5, 5.41) is 12.4. The molecule has 8 nitrogen and oxygen atoms in total. The lowest BCUT2D eigenvalue weighted by Crippen LogP contribution is -2.38. The first-order valence-corrected chi connectivity index (χ1v) is 10.4. The molecule has 0 amide bonds. The van der Waals surface area contributed by atoms with Crippen molar-refractivity contribution in [1.82, 2.24) is 24.7 Å². The second kappa shape index (κ2) is 7.91. The van der Waals surface area contributed by atoms with E-state index in [-0.39, 0.29) is 18.4 Å². The second-order valence-corrected chi connectivity index (χ2v) is 7.88. The lowest BCUT2D eigenvalue weighted by Gasteiger charge is -2.34. The van der Waals surface area contributed by atoms with Crippen LogP contribution >= 0.6 is 0 Å². The van der Waals surface area contributed by atoms with Crippen LogP contribution in [0.3, 0.4) is 0 Å². The first-order chi connectivity index (χ1) is 15.8. The number of benzene rings is 1. The third-order valence-corrected chi connectivity index (χ3v) is 5.86. The number of fused-ring (bicyclic) bond motifs is 2. The Hall–Kier alpha value is -3.89. The van der Waals surface area contributed by atoms with Gasteiger partial charge in [-0.25, -0.2) is 9.97 Å². The van der Waals surface area contributed by atoms with Gasteiger partial charge in [-0.05, 0) is 30.7 Å². The monoisotopic (exact) mass is 454 g/mol. The quantitative estimate of drug-likeness (QED) is 0.481. The number of hydrogen-bond donors (Lipinski definition) is 2. The molecule has 1 aliphatic rings. The van der Waals surface area contributed by atoms with Gasteiger partial charge in [0.2, 0.25) is 5.82 Å². The molecular weight excluding hydrogens is 433 g/mol. The van der Waals surface area contributed by atoms with E-state index in [1.54, 1.807) is 19.3 Å². The van der Waals surface area contributed by atoms with Crippen molar-refractivity contribution in [2.24, 2.45) is 0 Å². The first kappa shape index (κ1) is 21.0. The standard InChI is InChI=1S/C22H21F3N8/c1-13-20-30-31-21(22(23,24)25)33(20)10-9-32(13)18-6-5-14(12-29-18)11-28-17-4-2-3-16-15(17)7-8-27-19(16)26/h2-8,12-13,28H,9-11H2,1H3,(H2,26,27)/t13-/m0/s1. The maximum atomic E-state index is 13.1. The maximum absolute atomic E-state index is 13.1. The van der Waals surface area contributed by atoms with E-state index >= 15 is 0 Å². The van der Waals surface area contributed by atoms with Crippen LogP contribution < -0.4 is 16.0 Å². The normalized spacial score (nSPS) is 16.1. The van der Waals surface area contributed by atoms with Gasteiger partial charge in [0, 0.05) is 48.5 Å². The number of halogens is 3. The summed E-state index contributed by atoms with van der Waals surface area (Å²) in [7, 11) is 0. The molecule has 0 aliphatic carbocycles. The van der Waals surface area contributed by atoms with Gasteiger partial charge >= 0.3 is 6.18 Å². The number of aromatic nitrogens is 5. The Kier molecular flexibility index (Phi) is 5.03. The Bertz CT molecular complexity index is 1300. The van der Waals surface area contributed by atoms with Crippen molar-refractivity contribution >= 4 is 28.1 Å². The lowest BCUT2D eigenvalue weighted by atomic mass is 10.1. The topological polar surface area (TPSA) is 97.8 Å². The molecule has 4 aromatic rings. The first-order valence-electron chi connectivity index (χ1n) is 10.4. The molecule has 11 heteroatoms. The summed E-state index contributed by atoms with van der Waals surface area (Å²) in [4.78, 5) is 10.6. The van der Waals surface area contributed by atoms with E-state index in [4.69, 9.17) is 5.73 Å². The van der Waals surface area contributed by atoms with Crippen LogP contribution in [0, 0.1) is 0 Å². The molecular formula is C22H21F3N8. The van der Waals surface area contributed by atoms with Crippen molar-refractivity contribution in [2.45, 2.75) is 32.2 Å². The van der Waals surface area contributed by atoms with Gasteiger partial charge < -0.3 is 20.5 Å².